The maximum atomic E-state index is 13.3. The maximum Gasteiger partial charge on any atom is 0.248 e. The van der Waals surface area contributed by atoms with E-state index in [9.17, 15) is 14.0 Å². The molecule has 0 bridgehead atoms. The summed E-state index contributed by atoms with van der Waals surface area (Å²) < 4.78 is 13.3. The van der Waals surface area contributed by atoms with Crippen molar-refractivity contribution < 1.29 is 14.0 Å². The van der Waals surface area contributed by atoms with Gasteiger partial charge >= 0.3 is 0 Å². The van der Waals surface area contributed by atoms with Gasteiger partial charge in [-0.3, -0.25) is 14.6 Å². The first kappa shape index (κ1) is 19.2. The average molecular weight is 374 g/mol. The first-order chi connectivity index (χ1) is 13.5. The lowest BCUT2D eigenvalue weighted by Crippen LogP contribution is -2.11. The van der Waals surface area contributed by atoms with E-state index in [-0.39, 0.29) is 23.9 Å². The predicted molar refractivity (Wildman–Crippen MR) is 108 cm³/mol. The largest absolute Gasteiger partial charge is 0.322 e. The zero-order chi connectivity index (χ0) is 19.9. The quantitative estimate of drug-likeness (QED) is 0.506. The number of anilines is 1. The number of aryl methyl sites for hydroxylation is 1. The summed E-state index contributed by atoms with van der Waals surface area (Å²) in [7, 11) is 0. The maximum absolute atomic E-state index is 13.3. The van der Waals surface area contributed by atoms with Crippen LogP contribution in [0.3, 0.4) is 0 Å². The van der Waals surface area contributed by atoms with Crippen molar-refractivity contribution in [2.75, 3.05) is 5.32 Å². The van der Waals surface area contributed by atoms with Gasteiger partial charge in [0.15, 0.2) is 5.78 Å². The standard InChI is InChI=1S/C23H19FN2O2/c1-16-7-9-19(22(27)13-18-4-2-6-20(24)12-18)14-21(16)26-23(28)10-8-17-5-3-11-25-15-17/h2-12,14-15H,13H2,1H3,(H,26,28)/b10-8+. The van der Waals surface area contributed by atoms with Gasteiger partial charge < -0.3 is 5.32 Å². The number of rotatable bonds is 6. The molecule has 0 saturated heterocycles. The summed E-state index contributed by atoms with van der Waals surface area (Å²) in [5, 5.41) is 2.79. The lowest BCUT2D eigenvalue weighted by molar-refractivity contribution is -0.111. The van der Waals surface area contributed by atoms with Crippen LogP contribution >= 0.6 is 0 Å². The summed E-state index contributed by atoms with van der Waals surface area (Å²) in [6.07, 6.45) is 6.48. The van der Waals surface area contributed by atoms with E-state index in [2.05, 4.69) is 10.3 Å². The molecule has 0 atom stereocenters. The number of nitrogens with zero attached hydrogens (tertiary/aromatic N) is 1. The highest BCUT2D eigenvalue weighted by molar-refractivity contribution is 6.04. The van der Waals surface area contributed by atoms with Crippen molar-refractivity contribution in [3.8, 4) is 0 Å². The molecule has 1 aromatic heterocycles. The number of halogens is 1. The Balaban J connectivity index is 1.71. The van der Waals surface area contributed by atoms with Crippen LogP contribution < -0.4 is 5.32 Å². The van der Waals surface area contributed by atoms with E-state index < -0.39 is 0 Å². The Kier molecular flexibility index (Phi) is 6.07. The highest BCUT2D eigenvalue weighted by atomic mass is 19.1. The van der Waals surface area contributed by atoms with E-state index in [4.69, 9.17) is 0 Å². The second kappa shape index (κ2) is 8.86. The Morgan fingerprint density at radius 3 is 2.71 bits per heavy atom. The zero-order valence-electron chi connectivity index (χ0n) is 15.4. The highest BCUT2D eigenvalue weighted by Crippen LogP contribution is 2.19. The van der Waals surface area contributed by atoms with Crippen molar-refractivity contribution in [3.05, 3.63) is 101 Å². The summed E-state index contributed by atoms with van der Waals surface area (Å²) in [4.78, 5) is 28.7. The summed E-state index contributed by atoms with van der Waals surface area (Å²) in [5.41, 5.74) is 3.28. The summed E-state index contributed by atoms with van der Waals surface area (Å²) in [6.45, 7) is 1.85. The molecular formula is C23H19FN2O2. The third kappa shape index (κ3) is 5.20. The van der Waals surface area contributed by atoms with Crippen molar-refractivity contribution in [2.24, 2.45) is 0 Å². The number of amides is 1. The predicted octanol–water partition coefficient (Wildman–Crippen LogP) is 4.61. The molecule has 2 aromatic carbocycles. The molecule has 1 N–H and O–H groups in total. The number of pyridine rings is 1. The number of carbonyl (C=O) groups excluding carboxylic acids is 2. The Hall–Kier alpha value is -3.60. The van der Waals surface area contributed by atoms with Crippen LogP contribution in [0.2, 0.25) is 0 Å². The topological polar surface area (TPSA) is 59.1 Å². The molecule has 0 spiro atoms. The third-order valence-electron chi connectivity index (χ3n) is 4.18. The lowest BCUT2D eigenvalue weighted by Gasteiger charge is -2.09. The van der Waals surface area contributed by atoms with Crippen molar-refractivity contribution in [1.82, 2.24) is 4.98 Å². The van der Waals surface area contributed by atoms with E-state index in [0.29, 0.717) is 16.8 Å². The number of Topliss-reactive ketones (excluding diaryl/α,β-unsaturated/α-hetero) is 1. The molecule has 0 saturated carbocycles. The number of ketones is 1. The third-order valence-corrected chi connectivity index (χ3v) is 4.18. The average Bonchev–Trinajstić information content (AvgIpc) is 2.69. The molecule has 4 nitrogen and oxygen atoms in total. The van der Waals surface area contributed by atoms with Gasteiger partial charge in [0.05, 0.1) is 0 Å². The van der Waals surface area contributed by atoms with Gasteiger partial charge in [0.25, 0.3) is 0 Å². The number of nitrogens with one attached hydrogen (secondary N) is 1. The van der Waals surface area contributed by atoms with Crippen molar-refractivity contribution in [1.29, 1.82) is 0 Å². The van der Waals surface area contributed by atoms with Crippen LogP contribution in [0.1, 0.15) is 27.0 Å². The van der Waals surface area contributed by atoms with Gasteiger partial charge in [-0.05, 0) is 54.0 Å². The van der Waals surface area contributed by atoms with E-state index in [0.717, 1.165) is 11.1 Å². The molecule has 140 valence electrons. The Morgan fingerprint density at radius 1 is 1.11 bits per heavy atom. The van der Waals surface area contributed by atoms with E-state index >= 15 is 0 Å². The van der Waals surface area contributed by atoms with Crippen molar-refractivity contribution in [3.63, 3.8) is 0 Å². The van der Waals surface area contributed by atoms with Crippen molar-refractivity contribution in [2.45, 2.75) is 13.3 Å². The first-order valence-corrected chi connectivity index (χ1v) is 8.78. The molecule has 1 amide bonds. The van der Waals surface area contributed by atoms with Crippen LogP contribution in [0.15, 0.2) is 73.1 Å². The molecule has 0 aliphatic carbocycles. The van der Waals surface area contributed by atoms with Gasteiger partial charge in [-0.25, -0.2) is 4.39 Å². The molecule has 0 aliphatic heterocycles. The normalized spacial score (nSPS) is 10.8. The number of carbonyl (C=O) groups is 2. The van der Waals surface area contributed by atoms with Gasteiger partial charge in [-0.2, -0.15) is 0 Å². The second-order valence-corrected chi connectivity index (χ2v) is 6.37. The van der Waals surface area contributed by atoms with E-state index in [1.54, 1.807) is 54.9 Å². The molecular weight excluding hydrogens is 355 g/mol. The molecule has 0 aliphatic rings. The smallest absolute Gasteiger partial charge is 0.248 e. The Bertz CT molecular complexity index is 1030. The molecule has 1 heterocycles. The Labute approximate surface area is 162 Å². The fraction of sp³-hybridized carbons (Fsp3) is 0.0870. The number of hydrogen-bond donors (Lipinski definition) is 1. The van der Waals surface area contributed by atoms with Gasteiger partial charge in [-0.15, -0.1) is 0 Å². The number of benzene rings is 2. The van der Waals surface area contributed by atoms with Crippen LogP contribution in [-0.4, -0.2) is 16.7 Å². The van der Waals surface area contributed by atoms with Crippen LogP contribution in [0.25, 0.3) is 6.08 Å². The SMILES string of the molecule is Cc1ccc(C(=O)Cc2cccc(F)c2)cc1NC(=O)/C=C/c1cccnc1. The first-order valence-electron chi connectivity index (χ1n) is 8.78. The zero-order valence-corrected chi connectivity index (χ0v) is 15.4. The monoisotopic (exact) mass is 374 g/mol. The molecule has 28 heavy (non-hydrogen) atoms. The summed E-state index contributed by atoms with van der Waals surface area (Å²) >= 11 is 0. The fourth-order valence-corrected chi connectivity index (χ4v) is 2.69. The van der Waals surface area contributed by atoms with E-state index in [1.807, 2.05) is 13.0 Å². The van der Waals surface area contributed by atoms with Crippen molar-refractivity contribution >= 4 is 23.5 Å². The number of aromatic nitrogens is 1. The van der Waals surface area contributed by atoms with Gasteiger partial charge in [0.1, 0.15) is 5.82 Å². The summed E-state index contributed by atoms with van der Waals surface area (Å²) in [6, 6.07) is 14.7. The Morgan fingerprint density at radius 2 is 1.96 bits per heavy atom. The van der Waals surface area contributed by atoms with Gasteiger partial charge in [0, 0.05) is 36.1 Å². The molecule has 3 rings (SSSR count). The minimum atomic E-state index is -0.373. The van der Waals surface area contributed by atoms with Crippen LogP contribution in [0.4, 0.5) is 10.1 Å². The molecule has 0 unspecified atom stereocenters. The van der Waals surface area contributed by atoms with Crippen LogP contribution in [0.5, 0.6) is 0 Å². The molecule has 0 radical (unpaired) electrons. The molecule has 3 aromatic rings. The van der Waals surface area contributed by atoms with E-state index in [1.165, 1.54) is 18.2 Å². The molecule has 0 fully saturated rings. The van der Waals surface area contributed by atoms with Crippen LogP contribution in [-0.2, 0) is 11.2 Å². The van der Waals surface area contributed by atoms with Crippen LogP contribution in [0, 0.1) is 12.7 Å². The number of hydrogen-bond acceptors (Lipinski definition) is 3. The summed E-state index contributed by atoms with van der Waals surface area (Å²) in [5.74, 6) is -0.823. The second-order valence-electron chi connectivity index (χ2n) is 6.37. The lowest BCUT2D eigenvalue weighted by atomic mass is 10.0. The van der Waals surface area contributed by atoms with Gasteiger partial charge in [-0.1, -0.05) is 30.3 Å². The minimum absolute atomic E-state index is 0.0924. The fourth-order valence-electron chi connectivity index (χ4n) is 2.69. The molecule has 5 heteroatoms. The minimum Gasteiger partial charge on any atom is -0.322 e. The van der Waals surface area contributed by atoms with Gasteiger partial charge in [0.2, 0.25) is 5.91 Å². The highest BCUT2D eigenvalue weighted by Gasteiger charge is 2.11.